The summed E-state index contributed by atoms with van der Waals surface area (Å²) < 4.78 is 0. The van der Waals surface area contributed by atoms with Gasteiger partial charge in [0, 0.05) is 10.6 Å². The standard InChI is InChI=1S/C10H14N2O2S/c1-15-8-4-2-7(3-5-8)12-9(6-13)10(11)14/h2-5,9,12-13H,6H2,1H3,(H2,11,14). The zero-order valence-corrected chi connectivity index (χ0v) is 9.25. The zero-order valence-electron chi connectivity index (χ0n) is 8.43. The molecule has 0 aliphatic heterocycles. The number of hydrogen-bond donors (Lipinski definition) is 3. The molecule has 1 aromatic carbocycles. The molecule has 1 rings (SSSR count). The van der Waals surface area contributed by atoms with Gasteiger partial charge in [0.1, 0.15) is 6.04 Å². The highest BCUT2D eigenvalue weighted by Gasteiger charge is 2.12. The van der Waals surface area contributed by atoms with Gasteiger partial charge < -0.3 is 16.2 Å². The van der Waals surface area contributed by atoms with Gasteiger partial charge in [-0.3, -0.25) is 4.79 Å². The SMILES string of the molecule is CSc1ccc(NC(CO)C(N)=O)cc1. The molecule has 4 nitrogen and oxygen atoms in total. The summed E-state index contributed by atoms with van der Waals surface area (Å²) in [6, 6.07) is 6.82. The average Bonchev–Trinajstić information content (AvgIpc) is 2.26. The number of benzene rings is 1. The molecule has 5 heteroatoms. The van der Waals surface area contributed by atoms with Crippen LogP contribution < -0.4 is 11.1 Å². The average molecular weight is 226 g/mol. The van der Waals surface area contributed by atoms with Crippen LogP contribution in [0.5, 0.6) is 0 Å². The molecule has 0 aromatic heterocycles. The van der Waals surface area contributed by atoms with Crippen LogP contribution in [-0.4, -0.2) is 29.9 Å². The summed E-state index contributed by atoms with van der Waals surface area (Å²) in [4.78, 5) is 12.0. The molecule has 0 aliphatic carbocycles. The van der Waals surface area contributed by atoms with E-state index in [4.69, 9.17) is 10.8 Å². The van der Waals surface area contributed by atoms with Gasteiger partial charge in [0.2, 0.25) is 5.91 Å². The summed E-state index contributed by atoms with van der Waals surface area (Å²) in [5.41, 5.74) is 5.85. The summed E-state index contributed by atoms with van der Waals surface area (Å²) in [5, 5.41) is 11.7. The Morgan fingerprint density at radius 1 is 1.53 bits per heavy atom. The van der Waals surface area contributed by atoms with E-state index in [-0.39, 0.29) is 6.61 Å². The lowest BCUT2D eigenvalue weighted by atomic mass is 10.2. The normalized spacial score (nSPS) is 12.1. The van der Waals surface area contributed by atoms with Crippen molar-refractivity contribution < 1.29 is 9.90 Å². The number of aliphatic hydroxyl groups excluding tert-OH is 1. The van der Waals surface area contributed by atoms with E-state index >= 15 is 0 Å². The Bertz CT molecular complexity index is 327. The summed E-state index contributed by atoms with van der Waals surface area (Å²) in [5.74, 6) is -0.563. The zero-order chi connectivity index (χ0) is 11.3. The second-order valence-electron chi connectivity index (χ2n) is 3.01. The van der Waals surface area contributed by atoms with E-state index in [1.807, 2.05) is 30.5 Å². The molecule has 1 aromatic rings. The number of aliphatic hydroxyl groups is 1. The van der Waals surface area contributed by atoms with E-state index < -0.39 is 11.9 Å². The molecule has 0 fully saturated rings. The highest BCUT2D eigenvalue weighted by atomic mass is 32.2. The van der Waals surface area contributed by atoms with E-state index in [0.717, 1.165) is 10.6 Å². The molecule has 0 aliphatic rings. The van der Waals surface area contributed by atoms with Crippen molar-refractivity contribution in [2.75, 3.05) is 18.2 Å². The van der Waals surface area contributed by atoms with Crippen LogP contribution >= 0.6 is 11.8 Å². The van der Waals surface area contributed by atoms with E-state index in [1.54, 1.807) is 11.8 Å². The minimum Gasteiger partial charge on any atom is -0.394 e. The third-order valence-electron chi connectivity index (χ3n) is 1.96. The Hall–Kier alpha value is -1.20. The first kappa shape index (κ1) is 11.9. The summed E-state index contributed by atoms with van der Waals surface area (Å²) in [7, 11) is 0. The molecule has 0 heterocycles. The fourth-order valence-electron chi connectivity index (χ4n) is 1.10. The van der Waals surface area contributed by atoms with Crippen molar-refractivity contribution in [1.82, 2.24) is 0 Å². The number of rotatable bonds is 5. The minimum atomic E-state index is -0.731. The first-order chi connectivity index (χ1) is 7.17. The smallest absolute Gasteiger partial charge is 0.242 e. The fourth-order valence-corrected chi connectivity index (χ4v) is 1.50. The maximum Gasteiger partial charge on any atom is 0.242 e. The van der Waals surface area contributed by atoms with Gasteiger partial charge in [-0.1, -0.05) is 0 Å². The maximum absolute atomic E-state index is 10.9. The molecule has 82 valence electrons. The minimum absolute atomic E-state index is 0.306. The van der Waals surface area contributed by atoms with Gasteiger partial charge in [-0.15, -0.1) is 11.8 Å². The van der Waals surface area contributed by atoms with Crippen LogP contribution in [0.3, 0.4) is 0 Å². The van der Waals surface area contributed by atoms with Crippen molar-refractivity contribution in [2.24, 2.45) is 5.73 Å². The maximum atomic E-state index is 10.9. The Morgan fingerprint density at radius 2 is 2.13 bits per heavy atom. The molecule has 0 saturated heterocycles. The molecule has 0 spiro atoms. The molecule has 0 bridgehead atoms. The number of nitrogens with two attached hydrogens (primary N) is 1. The number of carbonyl (C=O) groups excluding carboxylic acids is 1. The predicted octanol–water partition coefficient (Wildman–Crippen LogP) is 0.667. The van der Waals surface area contributed by atoms with Crippen LogP contribution in [0.1, 0.15) is 0 Å². The third-order valence-corrected chi connectivity index (χ3v) is 2.70. The van der Waals surface area contributed by atoms with Gasteiger partial charge in [0.15, 0.2) is 0 Å². The van der Waals surface area contributed by atoms with Crippen LogP contribution in [0.25, 0.3) is 0 Å². The largest absolute Gasteiger partial charge is 0.394 e. The van der Waals surface area contributed by atoms with Crippen LogP contribution in [0.2, 0.25) is 0 Å². The van der Waals surface area contributed by atoms with Crippen molar-refractivity contribution in [3.63, 3.8) is 0 Å². The first-order valence-electron chi connectivity index (χ1n) is 4.48. The number of hydrogen-bond acceptors (Lipinski definition) is 4. The van der Waals surface area contributed by atoms with Crippen LogP contribution in [0.15, 0.2) is 29.2 Å². The Balaban J connectivity index is 2.67. The van der Waals surface area contributed by atoms with Gasteiger partial charge in [0.25, 0.3) is 0 Å². The fraction of sp³-hybridized carbons (Fsp3) is 0.300. The number of anilines is 1. The Kier molecular flexibility index (Phi) is 4.45. The van der Waals surface area contributed by atoms with E-state index in [0.29, 0.717) is 0 Å². The van der Waals surface area contributed by atoms with Crippen LogP contribution in [0, 0.1) is 0 Å². The molecule has 15 heavy (non-hydrogen) atoms. The van der Waals surface area contributed by atoms with E-state index in [1.165, 1.54) is 0 Å². The highest BCUT2D eigenvalue weighted by molar-refractivity contribution is 7.98. The van der Waals surface area contributed by atoms with Crippen molar-refractivity contribution in [1.29, 1.82) is 0 Å². The predicted molar refractivity (Wildman–Crippen MR) is 61.9 cm³/mol. The molecule has 4 N–H and O–H groups in total. The number of thioether (sulfide) groups is 1. The second-order valence-corrected chi connectivity index (χ2v) is 3.89. The molecular formula is C10H14N2O2S. The topological polar surface area (TPSA) is 75.3 Å². The molecule has 0 saturated carbocycles. The van der Waals surface area contributed by atoms with Crippen molar-refractivity contribution in [2.45, 2.75) is 10.9 Å². The molecule has 0 radical (unpaired) electrons. The van der Waals surface area contributed by atoms with Crippen molar-refractivity contribution >= 4 is 23.4 Å². The number of amides is 1. The van der Waals surface area contributed by atoms with E-state index in [2.05, 4.69) is 5.32 Å². The lowest BCUT2D eigenvalue weighted by Gasteiger charge is -2.13. The van der Waals surface area contributed by atoms with Gasteiger partial charge in [-0.25, -0.2) is 0 Å². The molecular weight excluding hydrogens is 212 g/mol. The summed E-state index contributed by atoms with van der Waals surface area (Å²) in [6.07, 6.45) is 1.99. The third kappa shape index (κ3) is 3.45. The number of nitrogens with one attached hydrogen (secondary N) is 1. The molecule has 1 unspecified atom stereocenters. The molecule has 1 atom stereocenters. The Labute approximate surface area is 92.9 Å². The van der Waals surface area contributed by atoms with Crippen molar-refractivity contribution in [3.8, 4) is 0 Å². The molecule has 1 amide bonds. The van der Waals surface area contributed by atoms with Gasteiger partial charge in [-0.05, 0) is 30.5 Å². The highest BCUT2D eigenvalue weighted by Crippen LogP contribution is 2.17. The summed E-state index contributed by atoms with van der Waals surface area (Å²) >= 11 is 1.64. The van der Waals surface area contributed by atoms with Gasteiger partial charge >= 0.3 is 0 Å². The van der Waals surface area contributed by atoms with Gasteiger partial charge in [0.05, 0.1) is 6.61 Å². The number of primary amides is 1. The quantitative estimate of drug-likeness (QED) is 0.645. The van der Waals surface area contributed by atoms with Gasteiger partial charge in [-0.2, -0.15) is 0 Å². The van der Waals surface area contributed by atoms with Crippen LogP contribution in [-0.2, 0) is 4.79 Å². The first-order valence-corrected chi connectivity index (χ1v) is 5.70. The lowest BCUT2D eigenvalue weighted by Crippen LogP contribution is -2.38. The summed E-state index contributed by atoms with van der Waals surface area (Å²) in [6.45, 7) is -0.306. The van der Waals surface area contributed by atoms with Crippen molar-refractivity contribution in [3.05, 3.63) is 24.3 Å². The van der Waals surface area contributed by atoms with E-state index in [9.17, 15) is 4.79 Å². The number of carbonyl (C=O) groups is 1. The second kappa shape index (κ2) is 5.63. The Morgan fingerprint density at radius 3 is 2.53 bits per heavy atom. The monoisotopic (exact) mass is 226 g/mol. The van der Waals surface area contributed by atoms with Crippen LogP contribution in [0.4, 0.5) is 5.69 Å². The lowest BCUT2D eigenvalue weighted by molar-refractivity contribution is -0.119.